The van der Waals surface area contributed by atoms with E-state index >= 15 is 0 Å². The number of nitrogens with two attached hydrogens (primary N) is 2. The van der Waals surface area contributed by atoms with Crippen LogP contribution in [-0.2, 0) is 0 Å². The third-order valence-electron chi connectivity index (χ3n) is 3.11. The van der Waals surface area contributed by atoms with Crippen molar-refractivity contribution < 1.29 is 4.79 Å². The van der Waals surface area contributed by atoms with Gasteiger partial charge in [0, 0.05) is 31.5 Å². The van der Waals surface area contributed by atoms with Gasteiger partial charge >= 0.3 is 6.03 Å². The van der Waals surface area contributed by atoms with Gasteiger partial charge in [0.15, 0.2) is 0 Å². The first-order valence-corrected chi connectivity index (χ1v) is 7.80. The lowest BCUT2D eigenvalue weighted by Crippen LogP contribution is -2.18. The highest BCUT2D eigenvalue weighted by molar-refractivity contribution is 9.10. The van der Waals surface area contributed by atoms with Crippen LogP contribution in [0.4, 0.5) is 10.5 Å². The Morgan fingerprint density at radius 2 is 1.90 bits per heavy atom. The van der Waals surface area contributed by atoms with E-state index in [2.05, 4.69) is 15.9 Å². The van der Waals surface area contributed by atoms with Crippen LogP contribution in [-0.4, -0.2) is 10.6 Å². The number of carbonyl (C=O) groups is 1. The highest BCUT2D eigenvalue weighted by Gasteiger charge is 2.13. The van der Waals surface area contributed by atoms with Gasteiger partial charge < -0.3 is 11.5 Å². The molecular weight excluding hydrogens is 350 g/mol. The molecule has 21 heavy (non-hydrogen) atoms. The van der Waals surface area contributed by atoms with E-state index in [0.717, 1.165) is 25.2 Å². The molecule has 3 aromatic rings. The van der Waals surface area contributed by atoms with Gasteiger partial charge in [-0.2, -0.15) is 0 Å². The second kappa shape index (κ2) is 5.46. The van der Waals surface area contributed by atoms with Crippen LogP contribution < -0.4 is 11.5 Å². The molecule has 2 aromatic carbocycles. The fraction of sp³-hybridized carbons (Fsp3) is 0. The Balaban J connectivity index is 2.16. The summed E-state index contributed by atoms with van der Waals surface area (Å²) < 4.78 is 2.39. The second-order valence-corrected chi connectivity index (χ2v) is 6.50. The van der Waals surface area contributed by atoms with Crippen molar-refractivity contribution in [2.24, 2.45) is 5.73 Å². The molecule has 4 nitrogen and oxygen atoms in total. The maximum absolute atomic E-state index is 11.6. The smallest absolute Gasteiger partial charge is 0.323 e. The lowest BCUT2D eigenvalue weighted by Gasteiger charge is -2.03. The number of nitrogen functional groups attached to an aromatic ring is 1. The van der Waals surface area contributed by atoms with Crippen LogP contribution in [0.2, 0.25) is 0 Å². The summed E-state index contributed by atoms with van der Waals surface area (Å²) >= 11 is 4.97. The van der Waals surface area contributed by atoms with Crippen LogP contribution in [0, 0.1) is 0 Å². The largest absolute Gasteiger partial charge is 0.398 e. The van der Waals surface area contributed by atoms with Crippen LogP contribution in [0.15, 0.2) is 62.9 Å². The SMILES string of the molecule is NC(=O)n1cc(Sc2ccccc2N)c2cc(Br)ccc21. The van der Waals surface area contributed by atoms with Crippen LogP contribution in [0.1, 0.15) is 0 Å². The van der Waals surface area contributed by atoms with Crippen LogP contribution in [0.25, 0.3) is 10.9 Å². The maximum Gasteiger partial charge on any atom is 0.323 e. The summed E-state index contributed by atoms with van der Waals surface area (Å²) in [4.78, 5) is 13.5. The molecule has 0 fully saturated rings. The Kier molecular flexibility index (Phi) is 3.65. The van der Waals surface area contributed by atoms with Gasteiger partial charge in [-0.1, -0.05) is 39.8 Å². The first kappa shape index (κ1) is 14.0. The maximum atomic E-state index is 11.6. The normalized spacial score (nSPS) is 10.9. The average molecular weight is 362 g/mol. The van der Waals surface area contributed by atoms with Crippen LogP contribution in [0.5, 0.6) is 0 Å². The molecule has 0 aliphatic heterocycles. The Labute approximate surface area is 134 Å². The topological polar surface area (TPSA) is 74.0 Å². The Bertz CT molecular complexity index is 844. The molecule has 1 amide bonds. The average Bonchev–Trinajstić information content (AvgIpc) is 2.80. The standard InChI is InChI=1S/C15H12BrN3OS/c16-9-5-6-12-10(7-9)14(8-19(12)15(18)20)21-13-4-2-1-3-11(13)17/h1-8H,17H2,(H2,18,20). The fourth-order valence-electron chi connectivity index (χ4n) is 2.13. The zero-order chi connectivity index (χ0) is 15.0. The molecule has 0 spiro atoms. The van der Waals surface area contributed by atoms with Crippen LogP contribution in [0.3, 0.4) is 0 Å². The van der Waals surface area contributed by atoms with E-state index < -0.39 is 6.03 Å². The van der Waals surface area contributed by atoms with Crippen molar-refractivity contribution in [3.8, 4) is 0 Å². The molecule has 1 aromatic heterocycles. The number of benzene rings is 2. The van der Waals surface area contributed by atoms with Gasteiger partial charge in [0.1, 0.15) is 0 Å². The summed E-state index contributed by atoms with van der Waals surface area (Å²) in [5.74, 6) is 0. The predicted octanol–water partition coefficient (Wildman–Crippen LogP) is 4.06. The van der Waals surface area contributed by atoms with Crippen LogP contribution >= 0.6 is 27.7 Å². The van der Waals surface area contributed by atoms with E-state index in [0.29, 0.717) is 5.69 Å². The number of anilines is 1. The van der Waals surface area contributed by atoms with Gasteiger partial charge in [0.25, 0.3) is 0 Å². The number of carbonyl (C=O) groups excluding carboxylic acids is 1. The van der Waals surface area contributed by atoms with E-state index in [4.69, 9.17) is 11.5 Å². The van der Waals surface area contributed by atoms with E-state index in [1.54, 1.807) is 6.20 Å². The molecule has 0 aliphatic rings. The number of para-hydroxylation sites is 1. The van der Waals surface area contributed by atoms with Gasteiger partial charge in [0.2, 0.25) is 0 Å². The number of rotatable bonds is 2. The summed E-state index contributed by atoms with van der Waals surface area (Å²) in [6, 6.07) is 12.8. The molecular formula is C15H12BrN3OS. The molecule has 0 radical (unpaired) electrons. The van der Waals surface area contributed by atoms with Gasteiger partial charge in [-0.05, 0) is 30.3 Å². The molecule has 0 saturated heterocycles. The van der Waals surface area contributed by atoms with Crippen molar-refractivity contribution in [1.29, 1.82) is 0 Å². The Morgan fingerprint density at radius 1 is 1.14 bits per heavy atom. The number of nitrogens with zero attached hydrogens (tertiary/aromatic N) is 1. The Hall–Kier alpha value is -1.92. The zero-order valence-corrected chi connectivity index (χ0v) is 13.3. The summed E-state index contributed by atoms with van der Waals surface area (Å²) in [6.45, 7) is 0. The highest BCUT2D eigenvalue weighted by atomic mass is 79.9. The first-order valence-electron chi connectivity index (χ1n) is 6.19. The lowest BCUT2D eigenvalue weighted by atomic mass is 10.2. The number of fused-ring (bicyclic) bond motifs is 1. The quantitative estimate of drug-likeness (QED) is 0.675. The molecule has 3 rings (SSSR count). The highest BCUT2D eigenvalue weighted by Crippen LogP contribution is 2.38. The summed E-state index contributed by atoms with van der Waals surface area (Å²) in [5.41, 5.74) is 12.9. The van der Waals surface area contributed by atoms with Crippen molar-refractivity contribution in [3.63, 3.8) is 0 Å². The minimum atomic E-state index is -0.504. The predicted molar refractivity (Wildman–Crippen MR) is 89.6 cm³/mol. The molecule has 0 saturated carbocycles. The summed E-state index contributed by atoms with van der Waals surface area (Å²) in [5, 5.41) is 0.955. The minimum Gasteiger partial charge on any atom is -0.398 e. The van der Waals surface area contributed by atoms with E-state index in [1.165, 1.54) is 16.3 Å². The van der Waals surface area contributed by atoms with Gasteiger partial charge in [-0.25, -0.2) is 4.79 Å². The molecule has 4 N–H and O–H groups in total. The van der Waals surface area contributed by atoms with Gasteiger partial charge in [-0.3, -0.25) is 4.57 Å². The lowest BCUT2D eigenvalue weighted by molar-refractivity contribution is 0.251. The molecule has 0 aliphatic carbocycles. The van der Waals surface area contributed by atoms with Crippen molar-refractivity contribution >= 4 is 50.3 Å². The van der Waals surface area contributed by atoms with E-state index in [9.17, 15) is 4.79 Å². The monoisotopic (exact) mass is 361 g/mol. The third kappa shape index (κ3) is 2.64. The number of halogens is 1. The number of hydrogen-bond donors (Lipinski definition) is 2. The number of amides is 1. The molecule has 0 bridgehead atoms. The third-order valence-corrected chi connectivity index (χ3v) is 4.74. The number of hydrogen-bond acceptors (Lipinski definition) is 3. The van der Waals surface area contributed by atoms with E-state index in [-0.39, 0.29) is 0 Å². The molecule has 0 unspecified atom stereocenters. The molecule has 1 heterocycles. The van der Waals surface area contributed by atoms with Crippen molar-refractivity contribution in [2.45, 2.75) is 9.79 Å². The second-order valence-electron chi connectivity index (χ2n) is 4.50. The van der Waals surface area contributed by atoms with Crippen molar-refractivity contribution in [2.75, 3.05) is 5.73 Å². The molecule has 6 heteroatoms. The van der Waals surface area contributed by atoms with Gasteiger partial charge in [-0.15, -0.1) is 0 Å². The summed E-state index contributed by atoms with van der Waals surface area (Å²) in [7, 11) is 0. The first-order chi connectivity index (χ1) is 10.1. The number of aromatic nitrogens is 1. The number of primary amides is 1. The minimum absolute atomic E-state index is 0.504. The zero-order valence-electron chi connectivity index (χ0n) is 10.9. The van der Waals surface area contributed by atoms with E-state index in [1.807, 2.05) is 42.5 Å². The molecule has 0 atom stereocenters. The van der Waals surface area contributed by atoms with Crippen molar-refractivity contribution in [3.05, 3.63) is 53.1 Å². The Morgan fingerprint density at radius 3 is 2.62 bits per heavy atom. The van der Waals surface area contributed by atoms with Gasteiger partial charge in [0.05, 0.1) is 5.52 Å². The fourth-order valence-corrected chi connectivity index (χ4v) is 3.49. The molecule has 106 valence electrons. The summed E-state index contributed by atoms with van der Waals surface area (Å²) in [6.07, 6.45) is 1.75. The van der Waals surface area contributed by atoms with Crippen molar-refractivity contribution in [1.82, 2.24) is 4.57 Å².